The Kier molecular flexibility index (Phi) is 3.77. The van der Waals surface area contributed by atoms with Gasteiger partial charge in [0.1, 0.15) is 11.4 Å². The Labute approximate surface area is 92.0 Å². The number of aliphatic imine (C=N–C) groups is 1. The van der Waals surface area contributed by atoms with Crippen molar-refractivity contribution in [2.45, 2.75) is 6.42 Å². The molecule has 0 saturated heterocycles. The van der Waals surface area contributed by atoms with Gasteiger partial charge in [0, 0.05) is 6.20 Å². The van der Waals surface area contributed by atoms with Gasteiger partial charge >= 0.3 is 5.97 Å². The van der Waals surface area contributed by atoms with E-state index in [9.17, 15) is 9.18 Å². The summed E-state index contributed by atoms with van der Waals surface area (Å²) in [6.45, 7) is 3.16. The monoisotopic (exact) mass is 222 g/mol. The first-order valence-electron chi connectivity index (χ1n) is 4.48. The second-order valence-electron chi connectivity index (χ2n) is 3.10. The van der Waals surface area contributed by atoms with Gasteiger partial charge < -0.3 is 10.8 Å². The number of hydrogen-bond acceptors (Lipinski definition) is 3. The van der Waals surface area contributed by atoms with Crippen molar-refractivity contribution in [3.05, 3.63) is 47.1 Å². The molecular weight excluding hydrogens is 211 g/mol. The molecular formula is C11H11FN2O2. The standard InChI is InChI=1S/C11H11FN2O2/c1-14-6-9(11(15)16)10(13)7-2-4-8(12)5-3-7/h2,4-6H,1,3,13H2,(H,15,16)/b9-6+,10-7+. The van der Waals surface area contributed by atoms with Crippen LogP contribution >= 0.6 is 0 Å². The van der Waals surface area contributed by atoms with Gasteiger partial charge in [-0.05, 0) is 30.9 Å². The van der Waals surface area contributed by atoms with Gasteiger partial charge in [-0.25, -0.2) is 9.18 Å². The average Bonchev–Trinajstić information content (AvgIpc) is 2.25. The third-order valence-corrected chi connectivity index (χ3v) is 2.05. The summed E-state index contributed by atoms with van der Waals surface area (Å²) in [6, 6.07) is 0. The molecule has 0 unspecified atom stereocenters. The van der Waals surface area contributed by atoms with E-state index >= 15 is 0 Å². The first-order valence-corrected chi connectivity index (χ1v) is 4.48. The van der Waals surface area contributed by atoms with Crippen molar-refractivity contribution >= 4 is 12.7 Å². The van der Waals surface area contributed by atoms with Crippen LogP contribution in [0, 0.1) is 0 Å². The van der Waals surface area contributed by atoms with Crippen LogP contribution < -0.4 is 5.73 Å². The van der Waals surface area contributed by atoms with Crippen molar-refractivity contribution in [2.75, 3.05) is 0 Å². The summed E-state index contributed by atoms with van der Waals surface area (Å²) in [6.07, 6.45) is 5.32. The SMILES string of the molecule is C=N/C=C(C(=O)O)\C(N)=C1\C=CC(F)=CC1. The molecule has 0 saturated carbocycles. The summed E-state index contributed by atoms with van der Waals surface area (Å²) in [5.41, 5.74) is 6.13. The molecule has 1 aliphatic carbocycles. The molecule has 0 atom stereocenters. The molecule has 16 heavy (non-hydrogen) atoms. The molecule has 0 fully saturated rings. The number of nitrogens with two attached hydrogens (primary N) is 1. The fourth-order valence-electron chi connectivity index (χ4n) is 1.23. The number of halogens is 1. The Bertz CT molecular complexity index is 445. The lowest BCUT2D eigenvalue weighted by Crippen LogP contribution is -2.13. The van der Waals surface area contributed by atoms with E-state index in [2.05, 4.69) is 11.7 Å². The summed E-state index contributed by atoms with van der Waals surface area (Å²) < 4.78 is 12.7. The normalized spacial score (nSPS) is 19.1. The smallest absolute Gasteiger partial charge is 0.339 e. The number of carboxylic acid groups (broad SMARTS) is 1. The first kappa shape index (κ1) is 11.9. The largest absolute Gasteiger partial charge is 0.478 e. The highest BCUT2D eigenvalue weighted by molar-refractivity contribution is 5.92. The van der Waals surface area contributed by atoms with Gasteiger partial charge in [-0.15, -0.1) is 0 Å². The van der Waals surface area contributed by atoms with Gasteiger partial charge in [0.15, 0.2) is 0 Å². The van der Waals surface area contributed by atoms with Crippen molar-refractivity contribution in [3.63, 3.8) is 0 Å². The van der Waals surface area contributed by atoms with Gasteiger partial charge in [0.2, 0.25) is 0 Å². The molecule has 4 nitrogen and oxygen atoms in total. The van der Waals surface area contributed by atoms with Crippen molar-refractivity contribution in [1.82, 2.24) is 0 Å². The van der Waals surface area contributed by atoms with Gasteiger partial charge in [-0.1, -0.05) is 6.08 Å². The molecule has 0 heterocycles. The van der Waals surface area contributed by atoms with Gasteiger partial charge in [0.05, 0.1) is 5.70 Å². The molecule has 0 spiro atoms. The molecule has 0 bridgehead atoms. The van der Waals surface area contributed by atoms with E-state index in [0.717, 1.165) is 6.20 Å². The maximum atomic E-state index is 12.7. The van der Waals surface area contributed by atoms with Crippen LogP contribution in [0.1, 0.15) is 6.42 Å². The third kappa shape index (κ3) is 2.66. The van der Waals surface area contributed by atoms with Crippen molar-refractivity contribution in [2.24, 2.45) is 10.7 Å². The van der Waals surface area contributed by atoms with Crippen molar-refractivity contribution in [3.8, 4) is 0 Å². The average molecular weight is 222 g/mol. The van der Waals surface area contributed by atoms with E-state index in [0.29, 0.717) is 5.57 Å². The van der Waals surface area contributed by atoms with E-state index in [1.165, 1.54) is 18.2 Å². The minimum atomic E-state index is -1.19. The maximum Gasteiger partial charge on any atom is 0.339 e. The number of nitrogens with zero attached hydrogens (tertiary/aromatic N) is 1. The second kappa shape index (κ2) is 5.06. The zero-order valence-corrected chi connectivity index (χ0v) is 8.48. The highest BCUT2D eigenvalue weighted by atomic mass is 19.1. The van der Waals surface area contributed by atoms with Gasteiger partial charge in [-0.3, -0.25) is 4.99 Å². The molecule has 0 amide bonds. The molecule has 0 radical (unpaired) electrons. The van der Waals surface area contributed by atoms with Crippen LogP contribution in [0.4, 0.5) is 4.39 Å². The number of aliphatic carboxylic acids is 1. The van der Waals surface area contributed by atoms with Gasteiger partial charge in [-0.2, -0.15) is 0 Å². The molecule has 5 heteroatoms. The zero-order valence-electron chi connectivity index (χ0n) is 8.48. The predicted molar refractivity (Wildman–Crippen MR) is 59.4 cm³/mol. The lowest BCUT2D eigenvalue weighted by atomic mass is 10.0. The highest BCUT2D eigenvalue weighted by Crippen LogP contribution is 2.21. The van der Waals surface area contributed by atoms with E-state index in [-0.39, 0.29) is 23.5 Å². The summed E-state index contributed by atoms with van der Waals surface area (Å²) in [4.78, 5) is 14.2. The molecule has 0 aromatic rings. The van der Waals surface area contributed by atoms with Crippen LogP contribution in [0.25, 0.3) is 0 Å². The van der Waals surface area contributed by atoms with Crippen LogP contribution in [-0.2, 0) is 4.79 Å². The first-order chi connectivity index (χ1) is 7.56. The van der Waals surface area contributed by atoms with Crippen LogP contribution in [0.3, 0.4) is 0 Å². The summed E-state index contributed by atoms with van der Waals surface area (Å²) in [5, 5.41) is 8.87. The fourth-order valence-corrected chi connectivity index (χ4v) is 1.23. The number of carbonyl (C=O) groups is 1. The topological polar surface area (TPSA) is 75.7 Å². The minimum Gasteiger partial charge on any atom is -0.478 e. The number of rotatable bonds is 3. The molecule has 1 aliphatic rings. The predicted octanol–water partition coefficient (Wildman–Crippen LogP) is 1.68. The third-order valence-electron chi connectivity index (χ3n) is 2.05. The number of carboxylic acids is 1. The molecule has 1 rings (SSSR count). The van der Waals surface area contributed by atoms with Crippen molar-refractivity contribution in [1.29, 1.82) is 0 Å². The quantitative estimate of drug-likeness (QED) is 0.563. The van der Waals surface area contributed by atoms with E-state index in [1.54, 1.807) is 0 Å². The minimum absolute atomic E-state index is 0.0694. The maximum absolute atomic E-state index is 12.7. The van der Waals surface area contributed by atoms with E-state index < -0.39 is 5.97 Å². The number of allylic oxidation sites excluding steroid dienone is 5. The van der Waals surface area contributed by atoms with E-state index in [4.69, 9.17) is 10.8 Å². The molecule has 0 aromatic heterocycles. The molecule has 0 aliphatic heterocycles. The Balaban J connectivity index is 3.09. The van der Waals surface area contributed by atoms with Crippen LogP contribution in [0.2, 0.25) is 0 Å². The molecule has 0 aromatic carbocycles. The Morgan fingerprint density at radius 2 is 2.31 bits per heavy atom. The summed E-state index contributed by atoms with van der Waals surface area (Å²) in [7, 11) is 0. The zero-order chi connectivity index (χ0) is 12.1. The van der Waals surface area contributed by atoms with Crippen LogP contribution in [0.15, 0.2) is 52.1 Å². The Hall–Kier alpha value is -2.17. The summed E-state index contributed by atoms with van der Waals surface area (Å²) in [5.74, 6) is -1.56. The van der Waals surface area contributed by atoms with Crippen LogP contribution in [0.5, 0.6) is 0 Å². The lowest BCUT2D eigenvalue weighted by molar-refractivity contribution is -0.132. The molecule has 3 N–H and O–H groups in total. The van der Waals surface area contributed by atoms with E-state index in [1.807, 2.05) is 0 Å². The van der Waals surface area contributed by atoms with Crippen LogP contribution in [-0.4, -0.2) is 17.8 Å². The lowest BCUT2D eigenvalue weighted by Gasteiger charge is -2.09. The Morgan fingerprint density at radius 3 is 2.75 bits per heavy atom. The van der Waals surface area contributed by atoms with Crippen molar-refractivity contribution < 1.29 is 14.3 Å². The fraction of sp³-hybridized carbons (Fsp3) is 0.0909. The highest BCUT2D eigenvalue weighted by Gasteiger charge is 2.14. The second-order valence-corrected chi connectivity index (χ2v) is 3.10. The van der Waals surface area contributed by atoms with Gasteiger partial charge in [0.25, 0.3) is 0 Å². The Morgan fingerprint density at radius 1 is 1.62 bits per heavy atom. The molecule has 84 valence electrons. The number of hydrogen-bond donors (Lipinski definition) is 2. The summed E-state index contributed by atoms with van der Waals surface area (Å²) >= 11 is 0.